The Balaban J connectivity index is 1.32. The number of para-hydroxylation sites is 2. The van der Waals surface area contributed by atoms with E-state index < -0.39 is 0 Å². The summed E-state index contributed by atoms with van der Waals surface area (Å²) in [5, 5.41) is 8.05. The highest BCUT2D eigenvalue weighted by Gasteiger charge is 2.32. The van der Waals surface area contributed by atoms with Crippen LogP contribution < -0.4 is 15.8 Å². The van der Waals surface area contributed by atoms with Gasteiger partial charge in [0, 0.05) is 35.3 Å². The average Bonchev–Trinajstić information content (AvgIpc) is 3.18. The lowest BCUT2D eigenvalue weighted by Crippen LogP contribution is -2.37. The van der Waals surface area contributed by atoms with Crippen LogP contribution in [0.25, 0.3) is 10.9 Å². The summed E-state index contributed by atoms with van der Waals surface area (Å²) < 4.78 is 1.18. The fourth-order valence-corrected chi connectivity index (χ4v) is 4.55. The van der Waals surface area contributed by atoms with E-state index in [4.69, 9.17) is 0 Å². The third kappa shape index (κ3) is 4.42. The van der Waals surface area contributed by atoms with Crippen LogP contribution in [0.2, 0.25) is 0 Å². The molecule has 0 bridgehead atoms. The van der Waals surface area contributed by atoms with E-state index in [1.165, 1.54) is 16.8 Å². The van der Waals surface area contributed by atoms with E-state index >= 15 is 0 Å². The van der Waals surface area contributed by atoms with Crippen LogP contribution >= 0.6 is 0 Å². The molecule has 2 aromatic carbocycles. The van der Waals surface area contributed by atoms with Gasteiger partial charge >= 0.3 is 0 Å². The minimum Gasteiger partial charge on any atom is -0.325 e. The van der Waals surface area contributed by atoms with Crippen molar-refractivity contribution in [1.82, 2.24) is 14.8 Å². The number of hydrogen-bond acceptors (Lipinski definition) is 5. The number of fused-ring (bicyclic) bond motifs is 2. The van der Waals surface area contributed by atoms with Gasteiger partial charge in [-0.3, -0.25) is 19.4 Å². The number of benzene rings is 2. The van der Waals surface area contributed by atoms with E-state index in [0.717, 1.165) is 34.3 Å². The molecule has 2 aromatic heterocycles. The number of aromatic nitrogens is 3. The first kappa shape index (κ1) is 22.5. The molecule has 3 heterocycles. The molecule has 0 spiro atoms. The Kier molecular flexibility index (Phi) is 5.86. The first-order valence-electron chi connectivity index (χ1n) is 11.6. The van der Waals surface area contributed by atoms with Crippen molar-refractivity contribution in [2.75, 3.05) is 10.2 Å². The van der Waals surface area contributed by atoms with Crippen LogP contribution in [0.3, 0.4) is 0 Å². The van der Waals surface area contributed by atoms with E-state index in [0.29, 0.717) is 5.69 Å². The average molecular weight is 468 g/mol. The van der Waals surface area contributed by atoms with Crippen LogP contribution in [0.5, 0.6) is 0 Å². The lowest BCUT2D eigenvalue weighted by molar-refractivity contribution is -0.116. The van der Waals surface area contributed by atoms with Crippen molar-refractivity contribution in [3.05, 3.63) is 94.0 Å². The fourth-order valence-electron chi connectivity index (χ4n) is 4.55. The summed E-state index contributed by atoms with van der Waals surface area (Å²) in [5.41, 5.74) is 4.04. The topological polar surface area (TPSA) is 97.2 Å². The summed E-state index contributed by atoms with van der Waals surface area (Å²) in [4.78, 5) is 44.6. The molecule has 0 saturated heterocycles. The van der Waals surface area contributed by atoms with Crippen molar-refractivity contribution in [2.24, 2.45) is 0 Å². The number of pyridine rings is 1. The molecule has 1 N–H and O–H groups in total. The Morgan fingerprint density at radius 1 is 1.06 bits per heavy atom. The summed E-state index contributed by atoms with van der Waals surface area (Å²) >= 11 is 0. The number of nitrogens with one attached hydrogen (secondary N) is 1. The number of rotatable bonds is 5. The third-order valence-electron chi connectivity index (χ3n) is 6.18. The van der Waals surface area contributed by atoms with Crippen molar-refractivity contribution in [1.29, 1.82) is 0 Å². The van der Waals surface area contributed by atoms with E-state index in [-0.39, 0.29) is 42.1 Å². The maximum absolute atomic E-state index is 13.3. The Morgan fingerprint density at radius 2 is 1.83 bits per heavy atom. The van der Waals surface area contributed by atoms with Gasteiger partial charge in [0.2, 0.25) is 5.91 Å². The molecule has 1 aliphatic heterocycles. The van der Waals surface area contributed by atoms with Crippen LogP contribution in [0.15, 0.2) is 71.5 Å². The second-order valence-electron chi connectivity index (χ2n) is 8.76. The van der Waals surface area contributed by atoms with Gasteiger partial charge in [0.1, 0.15) is 5.69 Å². The van der Waals surface area contributed by atoms with Crippen molar-refractivity contribution in [3.8, 4) is 0 Å². The SMILES string of the molecule is Cc1cc(NC(=O)CCn2nc(C(=O)N3c4ccccc4C[C@@H]3C)ccc2=O)c2ccccc2n1. The smallest absolute Gasteiger partial charge is 0.278 e. The highest BCUT2D eigenvalue weighted by atomic mass is 16.2. The second-order valence-corrected chi connectivity index (χ2v) is 8.76. The molecule has 0 aliphatic carbocycles. The zero-order valence-electron chi connectivity index (χ0n) is 19.6. The highest BCUT2D eigenvalue weighted by molar-refractivity contribution is 6.06. The number of amides is 2. The molecular weight excluding hydrogens is 442 g/mol. The lowest BCUT2D eigenvalue weighted by Gasteiger charge is -2.22. The number of nitrogens with zero attached hydrogens (tertiary/aromatic N) is 4. The van der Waals surface area contributed by atoms with Crippen LogP contribution in [-0.2, 0) is 17.8 Å². The largest absolute Gasteiger partial charge is 0.325 e. The first-order valence-corrected chi connectivity index (χ1v) is 11.6. The van der Waals surface area contributed by atoms with Crippen molar-refractivity contribution < 1.29 is 9.59 Å². The van der Waals surface area contributed by atoms with Gasteiger partial charge < -0.3 is 10.2 Å². The van der Waals surface area contributed by atoms with E-state index in [1.807, 2.05) is 68.4 Å². The second kappa shape index (κ2) is 9.13. The molecule has 0 fully saturated rings. The number of hydrogen-bond donors (Lipinski definition) is 1. The summed E-state index contributed by atoms with van der Waals surface area (Å²) in [6.07, 6.45) is 0.800. The predicted molar refractivity (Wildman–Crippen MR) is 135 cm³/mol. The first-order chi connectivity index (χ1) is 16.9. The summed E-state index contributed by atoms with van der Waals surface area (Å²) in [6.45, 7) is 3.91. The molecule has 5 rings (SSSR count). The molecule has 2 amide bonds. The molecular formula is C27H25N5O3. The van der Waals surface area contributed by atoms with Crippen LogP contribution in [-0.4, -0.2) is 32.6 Å². The predicted octanol–water partition coefficient (Wildman–Crippen LogP) is 3.72. The molecule has 8 heteroatoms. The molecule has 1 aliphatic rings. The quantitative estimate of drug-likeness (QED) is 0.483. The van der Waals surface area contributed by atoms with Crippen LogP contribution in [0, 0.1) is 6.92 Å². The zero-order valence-corrected chi connectivity index (χ0v) is 19.6. The van der Waals surface area contributed by atoms with Crippen LogP contribution in [0.4, 0.5) is 11.4 Å². The number of carbonyl (C=O) groups is 2. The zero-order chi connectivity index (χ0) is 24.5. The molecule has 176 valence electrons. The summed E-state index contributed by atoms with van der Waals surface area (Å²) in [6, 6.07) is 19.9. The minimum absolute atomic E-state index is 0.00787. The highest BCUT2D eigenvalue weighted by Crippen LogP contribution is 2.32. The molecule has 0 saturated carbocycles. The standard InChI is InChI=1S/C27H25N5O3/c1-17-15-23(20-8-4-5-9-21(20)28-17)29-25(33)13-14-31-26(34)12-11-22(30-31)27(35)32-18(2)16-19-7-3-6-10-24(19)32/h3-12,15,18H,13-14,16H2,1-2H3,(H,28,29,33)/t18-/m0/s1. The lowest BCUT2D eigenvalue weighted by atomic mass is 10.1. The summed E-state index contributed by atoms with van der Waals surface area (Å²) in [7, 11) is 0. The molecule has 0 radical (unpaired) electrons. The molecule has 0 unspecified atom stereocenters. The molecule has 4 aromatic rings. The van der Waals surface area contributed by atoms with Crippen molar-refractivity contribution in [2.45, 2.75) is 39.3 Å². The van der Waals surface area contributed by atoms with Gasteiger partial charge in [0.25, 0.3) is 11.5 Å². The number of aryl methyl sites for hydroxylation is 2. The van der Waals surface area contributed by atoms with Gasteiger partial charge in [-0.25, -0.2) is 4.68 Å². The molecule has 8 nitrogen and oxygen atoms in total. The van der Waals surface area contributed by atoms with E-state index in [9.17, 15) is 14.4 Å². The number of carbonyl (C=O) groups excluding carboxylic acids is 2. The molecule has 1 atom stereocenters. The maximum Gasteiger partial charge on any atom is 0.278 e. The number of anilines is 2. The molecule has 35 heavy (non-hydrogen) atoms. The van der Waals surface area contributed by atoms with Crippen molar-refractivity contribution >= 4 is 34.1 Å². The van der Waals surface area contributed by atoms with Gasteiger partial charge in [-0.1, -0.05) is 36.4 Å². The van der Waals surface area contributed by atoms with Gasteiger partial charge in [-0.05, 0) is 50.1 Å². The fraction of sp³-hybridized carbons (Fsp3) is 0.222. The minimum atomic E-state index is -0.366. The Bertz CT molecular complexity index is 1510. The van der Waals surface area contributed by atoms with Gasteiger partial charge in [0.15, 0.2) is 0 Å². The van der Waals surface area contributed by atoms with E-state index in [1.54, 1.807) is 4.90 Å². The van der Waals surface area contributed by atoms with Crippen molar-refractivity contribution in [3.63, 3.8) is 0 Å². The van der Waals surface area contributed by atoms with Gasteiger partial charge in [0.05, 0.1) is 17.7 Å². The van der Waals surface area contributed by atoms with E-state index in [2.05, 4.69) is 15.4 Å². The van der Waals surface area contributed by atoms with Gasteiger partial charge in [-0.15, -0.1) is 0 Å². The van der Waals surface area contributed by atoms with Crippen LogP contribution in [0.1, 0.15) is 35.1 Å². The normalized spacial score (nSPS) is 14.7. The third-order valence-corrected chi connectivity index (χ3v) is 6.18. The Hall–Kier alpha value is -4.33. The van der Waals surface area contributed by atoms with Gasteiger partial charge in [-0.2, -0.15) is 5.10 Å². The maximum atomic E-state index is 13.3. The monoisotopic (exact) mass is 467 g/mol. The summed E-state index contributed by atoms with van der Waals surface area (Å²) in [5.74, 6) is -0.521. The Morgan fingerprint density at radius 3 is 2.69 bits per heavy atom. The Labute approximate surface area is 202 Å².